The third kappa shape index (κ3) is 1.27. The van der Waals surface area contributed by atoms with E-state index in [0.717, 1.165) is 0 Å². The highest BCUT2D eigenvalue weighted by Crippen LogP contribution is 2.26. The maximum Gasteiger partial charge on any atom is 0.341 e. The lowest BCUT2D eigenvalue weighted by molar-refractivity contribution is 0.0698. The summed E-state index contributed by atoms with van der Waals surface area (Å²) < 4.78 is 5.02. The van der Waals surface area contributed by atoms with Crippen LogP contribution in [-0.2, 0) is 0 Å². The van der Waals surface area contributed by atoms with Gasteiger partial charge in [0.05, 0.1) is 6.26 Å². The number of rotatable bonds is 2. The molecular formula is C8H5ClN2O3. The van der Waals surface area contributed by atoms with Crippen LogP contribution in [0.4, 0.5) is 0 Å². The molecule has 0 aliphatic carbocycles. The first kappa shape index (κ1) is 8.83. The van der Waals surface area contributed by atoms with Crippen molar-refractivity contribution in [2.75, 3.05) is 0 Å². The smallest absolute Gasteiger partial charge is 0.341 e. The summed E-state index contributed by atoms with van der Waals surface area (Å²) in [5.41, 5.74) is 0.120. The van der Waals surface area contributed by atoms with E-state index in [-0.39, 0.29) is 16.4 Å². The van der Waals surface area contributed by atoms with Gasteiger partial charge in [-0.3, -0.25) is 5.10 Å². The number of hydrogen-bond acceptors (Lipinski definition) is 3. The molecular weight excluding hydrogens is 208 g/mol. The molecule has 14 heavy (non-hydrogen) atoms. The Kier molecular flexibility index (Phi) is 2.01. The van der Waals surface area contributed by atoms with Gasteiger partial charge in [0.1, 0.15) is 16.4 Å². The Balaban J connectivity index is 2.60. The first-order valence-electron chi connectivity index (χ1n) is 3.71. The fourth-order valence-corrected chi connectivity index (χ4v) is 1.32. The Labute approximate surface area is 83.3 Å². The zero-order valence-electron chi connectivity index (χ0n) is 6.82. The van der Waals surface area contributed by atoms with E-state index in [1.165, 1.54) is 6.26 Å². The second-order valence-electron chi connectivity index (χ2n) is 2.54. The standard InChI is InChI=1S/C8H5ClN2O3/c9-7-5(8(12)13)6(10-11-7)4-2-1-3-14-4/h1-3H,(H,10,11)(H,12,13). The fraction of sp³-hybridized carbons (Fsp3) is 0. The van der Waals surface area contributed by atoms with Gasteiger partial charge in [-0.25, -0.2) is 4.79 Å². The normalized spacial score (nSPS) is 10.4. The molecule has 0 spiro atoms. The molecule has 0 unspecified atom stereocenters. The minimum atomic E-state index is -1.14. The van der Waals surface area contributed by atoms with Crippen LogP contribution in [0.5, 0.6) is 0 Å². The number of H-pyrrole nitrogens is 1. The van der Waals surface area contributed by atoms with Crippen molar-refractivity contribution in [3.63, 3.8) is 0 Å². The monoisotopic (exact) mass is 212 g/mol. The molecule has 0 atom stereocenters. The molecule has 5 nitrogen and oxygen atoms in total. The number of carboxylic acids is 1. The molecule has 0 fully saturated rings. The summed E-state index contributed by atoms with van der Waals surface area (Å²) >= 11 is 5.62. The van der Waals surface area contributed by atoms with Gasteiger partial charge in [-0.15, -0.1) is 0 Å². The average molecular weight is 213 g/mol. The van der Waals surface area contributed by atoms with Crippen molar-refractivity contribution >= 4 is 17.6 Å². The average Bonchev–Trinajstić information content (AvgIpc) is 2.70. The van der Waals surface area contributed by atoms with Crippen LogP contribution in [0.2, 0.25) is 5.15 Å². The van der Waals surface area contributed by atoms with E-state index >= 15 is 0 Å². The van der Waals surface area contributed by atoms with Crippen molar-refractivity contribution in [1.82, 2.24) is 10.2 Å². The second-order valence-corrected chi connectivity index (χ2v) is 2.92. The summed E-state index contributed by atoms with van der Waals surface area (Å²) in [6, 6.07) is 3.25. The third-order valence-corrected chi connectivity index (χ3v) is 1.96. The first-order chi connectivity index (χ1) is 6.70. The van der Waals surface area contributed by atoms with E-state index in [0.29, 0.717) is 5.76 Å². The first-order valence-corrected chi connectivity index (χ1v) is 4.09. The van der Waals surface area contributed by atoms with Crippen molar-refractivity contribution in [2.45, 2.75) is 0 Å². The summed E-state index contributed by atoms with van der Waals surface area (Å²) in [6.45, 7) is 0. The van der Waals surface area contributed by atoms with Crippen LogP contribution < -0.4 is 0 Å². The number of nitrogens with one attached hydrogen (secondary N) is 1. The van der Waals surface area contributed by atoms with Crippen molar-refractivity contribution < 1.29 is 14.3 Å². The molecule has 0 aliphatic rings. The lowest BCUT2D eigenvalue weighted by atomic mass is 10.2. The molecule has 0 radical (unpaired) electrons. The molecule has 2 aromatic rings. The quantitative estimate of drug-likeness (QED) is 0.798. The zero-order valence-corrected chi connectivity index (χ0v) is 7.58. The summed E-state index contributed by atoms with van der Waals surface area (Å²) in [7, 11) is 0. The SMILES string of the molecule is O=C(O)c1c(-c2ccco2)n[nH]c1Cl. The molecule has 2 aromatic heterocycles. The Morgan fingerprint density at radius 3 is 3.00 bits per heavy atom. The Morgan fingerprint density at radius 2 is 2.43 bits per heavy atom. The van der Waals surface area contributed by atoms with Crippen LogP contribution in [0.3, 0.4) is 0 Å². The fourth-order valence-electron chi connectivity index (χ4n) is 1.11. The molecule has 0 bridgehead atoms. The molecule has 2 heterocycles. The number of hydrogen-bond donors (Lipinski definition) is 2. The number of carbonyl (C=O) groups is 1. The minimum Gasteiger partial charge on any atom is -0.477 e. The number of aromatic nitrogens is 2. The van der Waals surface area contributed by atoms with Crippen LogP contribution in [0.15, 0.2) is 22.8 Å². The van der Waals surface area contributed by atoms with E-state index in [2.05, 4.69) is 10.2 Å². The predicted molar refractivity (Wildman–Crippen MR) is 48.3 cm³/mol. The lowest BCUT2D eigenvalue weighted by Crippen LogP contribution is -1.97. The summed E-state index contributed by atoms with van der Waals surface area (Å²) in [4.78, 5) is 10.8. The molecule has 0 aliphatic heterocycles. The van der Waals surface area contributed by atoms with Crippen LogP contribution >= 0.6 is 11.6 Å². The van der Waals surface area contributed by atoms with Crippen LogP contribution in [-0.4, -0.2) is 21.3 Å². The number of furan rings is 1. The molecule has 0 saturated carbocycles. The van der Waals surface area contributed by atoms with Gasteiger partial charge >= 0.3 is 5.97 Å². The van der Waals surface area contributed by atoms with Gasteiger partial charge in [0, 0.05) is 0 Å². The molecule has 2 N–H and O–H groups in total. The van der Waals surface area contributed by atoms with Crippen molar-refractivity contribution in [3.8, 4) is 11.5 Å². The number of carboxylic acid groups (broad SMARTS) is 1. The Morgan fingerprint density at radius 1 is 1.64 bits per heavy atom. The van der Waals surface area contributed by atoms with Gasteiger partial charge in [0.15, 0.2) is 5.76 Å². The van der Waals surface area contributed by atoms with Crippen LogP contribution in [0.1, 0.15) is 10.4 Å². The summed E-state index contributed by atoms with van der Waals surface area (Å²) in [5.74, 6) is -0.777. The van der Waals surface area contributed by atoms with Gasteiger partial charge in [-0.05, 0) is 12.1 Å². The highest BCUT2D eigenvalue weighted by atomic mass is 35.5. The van der Waals surface area contributed by atoms with E-state index in [1.54, 1.807) is 12.1 Å². The van der Waals surface area contributed by atoms with Gasteiger partial charge < -0.3 is 9.52 Å². The zero-order chi connectivity index (χ0) is 10.1. The number of aromatic amines is 1. The molecule has 2 rings (SSSR count). The maximum absolute atomic E-state index is 10.8. The topological polar surface area (TPSA) is 79.1 Å². The molecule has 0 amide bonds. The van der Waals surface area contributed by atoms with Gasteiger partial charge in [-0.2, -0.15) is 5.10 Å². The second kappa shape index (κ2) is 3.19. The van der Waals surface area contributed by atoms with Gasteiger partial charge in [0.25, 0.3) is 0 Å². The highest BCUT2D eigenvalue weighted by molar-refractivity contribution is 6.33. The third-order valence-electron chi connectivity index (χ3n) is 1.69. The molecule has 6 heteroatoms. The molecule has 72 valence electrons. The molecule has 0 saturated heterocycles. The van der Waals surface area contributed by atoms with E-state index < -0.39 is 5.97 Å². The minimum absolute atomic E-state index is 0.0103. The summed E-state index contributed by atoms with van der Waals surface area (Å²) in [5, 5.41) is 15.0. The van der Waals surface area contributed by atoms with Crippen molar-refractivity contribution in [2.24, 2.45) is 0 Å². The van der Waals surface area contributed by atoms with E-state index in [4.69, 9.17) is 21.1 Å². The van der Waals surface area contributed by atoms with Crippen molar-refractivity contribution in [3.05, 3.63) is 29.1 Å². The summed E-state index contributed by atoms with van der Waals surface area (Å²) in [6.07, 6.45) is 1.43. The van der Waals surface area contributed by atoms with Crippen LogP contribution in [0, 0.1) is 0 Å². The van der Waals surface area contributed by atoms with Crippen LogP contribution in [0.25, 0.3) is 11.5 Å². The van der Waals surface area contributed by atoms with E-state index in [9.17, 15) is 4.79 Å². The van der Waals surface area contributed by atoms with E-state index in [1.807, 2.05) is 0 Å². The molecule has 0 aromatic carbocycles. The van der Waals surface area contributed by atoms with Gasteiger partial charge in [0.2, 0.25) is 0 Å². The van der Waals surface area contributed by atoms with Crippen molar-refractivity contribution in [1.29, 1.82) is 0 Å². The number of aromatic carboxylic acids is 1. The Bertz CT molecular complexity index is 461. The number of nitrogens with zero attached hydrogens (tertiary/aromatic N) is 1. The predicted octanol–water partition coefficient (Wildman–Crippen LogP) is 2.02. The largest absolute Gasteiger partial charge is 0.477 e. The lowest BCUT2D eigenvalue weighted by Gasteiger charge is -1.92. The van der Waals surface area contributed by atoms with Gasteiger partial charge in [-0.1, -0.05) is 11.6 Å². The Hall–Kier alpha value is -1.75. The highest BCUT2D eigenvalue weighted by Gasteiger charge is 2.21. The number of halogens is 1. The maximum atomic E-state index is 10.8.